The van der Waals surface area contributed by atoms with Gasteiger partial charge in [-0.05, 0) is 59.9 Å². The minimum atomic E-state index is -0.752. The van der Waals surface area contributed by atoms with Gasteiger partial charge < -0.3 is 10.6 Å². The van der Waals surface area contributed by atoms with Gasteiger partial charge in [0.25, 0.3) is 5.91 Å². The molecule has 4 aromatic rings. The van der Waals surface area contributed by atoms with E-state index in [4.69, 9.17) is 10.7 Å². The Morgan fingerprint density at radius 3 is 2.44 bits per heavy atom. The molecule has 0 aliphatic carbocycles. The third-order valence-electron chi connectivity index (χ3n) is 6.69. The van der Waals surface area contributed by atoms with E-state index in [1.54, 1.807) is 33.8 Å². The van der Waals surface area contributed by atoms with E-state index < -0.39 is 35.8 Å². The molecule has 6 nitrogen and oxygen atoms in total. The number of carbonyl (C=O) groups is 1. The minimum Gasteiger partial charge on any atom is -0.328 e. The van der Waals surface area contributed by atoms with Crippen molar-refractivity contribution in [2.75, 3.05) is 13.2 Å². The van der Waals surface area contributed by atoms with Crippen LogP contribution in [0.2, 0.25) is 0 Å². The van der Waals surface area contributed by atoms with Crippen LogP contribution in [0.1, 0.15) is 55.0 Å². The monoisotopic (exact) mass is 627 g/mol. The quantitative estimate of drug-likeness (QED) is 0.206. The molecule has 1 aromatic heterocycles. The third kappa shape index (κ3) is 7.42. The van der Waals surface area contributed by atoms with E-state index in [2.05, 4.69) is 21.0 Å². The molecule has 0 fully saturated rings. The summed E-state index contributed by atoms with van der Waals surface area (Å²) in [6.07, 6.45) is 0.215. The molecular weight excluding hydrogens is 595 g/mol. The molecule has 0 radical (unpaired) electrons. The first kappa shape index (κ1) is 30.5. The highest BCUT2D eigenvalue weighted by atomic mass is 79.9. The summed E-state index contributed by atoms with van der Waals surface area (Å²) in [6.45, 7) is 5.54. The maximum atomic E-state index is 14.9. The fraction of sp³-hybridized carbons (Fsp3) is 0.323. The summed E-state index contributed by atoms with van der Waals surface area (Å²) in [5, 5.41) is 4.63. The van der Waals surface area contributed by atoms with Crippen molar-refractivity contribution in [2.45, 2.75) is 45.8 Å². The molecular formula is C31H33BrF3N5O. The van der Waals surface area contributed by atoms with Crippen LogP contribution < -0.4 is 5.73 Å². The zero-order valence-electron chi connectivity index (χ0n) is 23.2. The van der Waals surface area contributed by atoms with E-state index in [9.17, 15) is 18.0 Å². The van der Waals surface area contributed by atoms with E-state index in [0.29, 0.717) is 11.4 Å². The van der Waals surface area contributed by atoms with Gasteiger partial charge in [-0.3, -0.25) is 4.79 Å². The Hall–Kier alpha value is -3.50. The molecule has 1 amide bonds. The summed E-state index contributed by atoms with van der Waals surface area (Å²) in [5.74, 6) is -1.20. The molecule has 0 saturated heterocycles. The molecule has 1 heterocycles. The molecule has 2 unspecified atom stereocenters. The highest BCUT2D eigenvalue weighted by Gasteiger charge is 2.39. The zero-order valence-corrected chi connectivity index (χ0v) is 24.8. The predicted octanol–water partition coefficient (Wildman–Crippen LogP) is 6.95. The minimum absolute atomic E-state index is 0.00573. The lowest BCUT2D eigenvalue weighted by Crippen LogP contribution is -2.44. The molecule has 2 N–H and O–H groups in total. The second-order valence-electron chi connectivity index (χ2n) is 11.0. The van der Waals surface area contributed by atoms with Crippen molar-refractivity contribution in [1.29, 1.82) is 0 Å². The van der Waals surface area contributed by atoms with Crippen LogP contribution in [-0.2, 0) is 6.54 Å². The molecule has 3 aromatic carbocycles. The van der Waals surface area contributed by atoms with Gasteiger partial charge in [0.05, 0.1) is 18.2 Å². The number of rotatable bonds is 10. The van der Waals surface area contributed by atoms with Crippen LogP contribution in [0, 0.1) is 17.0 Å². The smallest absolute Gasteiger partial charge is 0.254 e. The van der Waals surface area contributed by atoms with Crippen molar-refractivity contribution in [3.63, 3.8) is 0 Å². The highest BCUT2D eigenvalue weighted by Crippen LogP contribution is 2.39. The van der Waals surface area contributed by atoms with Crippen molar-refractivity contribution in [2.24, 2.45) is 11.1 Å². The van der Waals surface area contributed by atoms with Gasteiger partial charge in [-0.1, -0.05) is 67.0 Å². The summed E-state index contributed by atoms with van der Waals surface area (Å²) >= 11 is 3.49. The van der Waals surface area contributed by atoms with Gasteiger partial charge in [0.15, 0.2) is 11.6 Å². The Morgan fingerprint density at radius 1 is 1.05 bits per heavy atom. The number of aromatic nitrogens is 3. The Labute approximate surface area is 246 Å². The van der Waals surface area contributed by atoms with E-state index in [1.165, 1.54) is 0 Å². The molecule has 0 spiro atoms. The highest BCUT2D eigenvalue weighted by molar-refractivity contribution is 9.10. The zero-order chi connectivity index (χ0) is 29.7. The summed E-state index contributed by atoms with van der Waals surface area (Å²) < 4.78 is 45.0. The van der Waals surface area contributed by atoms with Crippen molar-refractivity contribution < 1.29 is 18.0 Å². The van der Waals surface area contributed by atoms with Gasteiger partial charge in [0.1, 0.15) is 18.3 Å². The molecule has 0 aliphatic rings. The van der Waals surface area contributed by atoms with Gasteiger partial charge in [-0.15, -0.1) is 0 Å². The fourth-order valence-corrected chi connectivity index (χ4v) is 5.18. The number of alkyl halides is 1. The van der Waals surface area contributed by atoms with Crippen LogP contribution in [0.25, 0.3) is 11.4 Å². The van der Waals surface area contributed by atoms with Crippen molar-refractivity contribution in [3.05, 3.63) is 106 Å². The maximum absolute atomic E-state index is 14.9. The predicted molar refractivity (Wildman–Crippen MR) is 157 cm³/mol. The molecule has 0 aliphatic heterocycles. The van der Waals surface area contributed by atoms with Gasteiger partial charge in [-0.25, -0.2) is 22.8 Å². The van der Waals surface area contributed by atoms with Crippen LogP contribution in [0.5, 0.6) is 0 Å². The van der Waals surface area contributed by atoms with Crippen LogP contribution >= 0.6 is 15.9 Å². The summed E-state index contributed by atoms with van der Waals surface area (Å²) in [6, 6.07) is 18.1. The largest absolute Gasteiger partial charge is 0.328 e. The summed E-state index contributed by atoms with van der Waals surface area (Å²) in [7, 11) is 0. The van der Waals surface area contributed by atoms with Gasteiger partial charge in [0.2, 0.25) is 0 Å². The second kappa shape index (κ2) is 13.0. The molecule has 0 bridgehead atoms. The number of benzene rings is 3. The van der Waals surface area contributed by atoms with E-state index in [-0.39, 0.29) is 36.8 Å². The molecule has 10 heteroatoms. The first-order valence-electron chi connectivity index (χ1n) is 13.3. The Bertz CT molecular complexity index is 1490. The van der Waals surface area contributed by atoms with Crippen molar-refractivity contribution >= 4 is 21.8 Å². The molecule has 4 rings (SSSR count). The lowest BCUT2D eigenvalue weighted by Gasteiger charge is -2.40. The Morgan fingerprint density at radius 2 is 1.78 bits per heavy atom. The number of nitrogens with two attached hydrogens (primary N) is 1. The number of hydrogen-bond donors (Lipinski definition) is 1. The molecule has 0 saturated carbocycles. The van der Waals surface area contributed by atoms with E-state index in [0.717, 1.165) is 28.2 Å². The SMILES string of the molecule is CC(C)(C)C(c1nc(-c2cc(F)ccc2F)nn1Cc1cccc(Br)c1)N(CCC(N)CF)C(=O)c1ccccc1. The summed E-state index contributed by atoms with van der Waals surface area (Å²) in [5.41, 5.74) is 6.57. The molecule has 2 atom stereocenters. The number of halogens is 4. The van der Waals surface area contributed by atoms with Gasteiger partial charge >= 0.3 is 0 Å². The first-order chi connectivity index (χ1) is 19.5. The molecule has 216 valence electrons. The number of amides is 1. The fourth-order valence-electron chi connectivity index (χ4n) is 4.73. The number of carbonyl (C=O) groups excluding carboxylic acids is 1. The van der Waals surface area contributed by atoms with Crippen LogP contribution in [0.3, 0.4) is 0 Å². The maximum Gasteiger partial charge on any atom is 0.254 e. The topological polar surface area (TPSA) is 77.0 Å². The lowest BCUT2D eigenvalue weighted by atomic mass is 9.84. The van der Waals surface area contributed by atoms with Crippen molar-refractivity contribution in [1.82, 2.24) is 19.7 Å². The van der Waals surface area contributed by atoms with Crippen molar-refractivity contribution in [3.8, 4) is 11.4 Å². The van der Waals surface area contributed by atoms with E-state index >= 15 is 0 Å². The van der Waals surface area contributed by atoms with Crippen LogP contribution in [-0.4, -0.2) is 44.8 Å². The Kier molecular flexibility index (Phi) is 9.65. The summed E-state index contributed by atoms with van der Waals surface area (Å²) in [4.78, 5) is 20.4. The Balaban J connectivity index is 1.91. The normalized spacial score (nSPS) is 13.2. The van der Waals surface area contributed by atoms with E-state index in [1.807, 2.05) is 51.1 Å². The lowest BCUT2D eigenvalue weighted by molar-refractivity contribution is 0.0469. The van der Waals surface area contributed by atoms with Crippen LogP contribution in [0.15, 0.2) is 77.3 Å². The number of nitrogens with zero attached hydrogens (tertiary/aromatic N) is 4. The average Bonchev–Trinajstić information content (AvgIpc) is 3.33. The van der Waals surface area contributed by atoms with Crippen LogP contribution in [0.4, 0.5) is 13.2 Å². The first-order valence-corrected chi connectivity index (χ1v) is 14.1. The number of hydrogen-bond acceptors (Lipinski definition) is 4. The average molecular weight is 629 g/mol. The van der Waals surface area contributed by atoms with Gasteiger partial charge in [0, 0.05) is 22.6 Å². The molecule has 41 heavy (non-hydrogen) atoms. The third-order valence-corrected chi connectivity index (χ3v) is 7.18. The second-order valence-corrected chi connectivity index (χ2v) is 12.0. The standard InChI is InChI=1S/C31H33BrF3N5O/c1-31(2,3)27(39(15-14-24(36)18-33)30(41)21-9-5-4-6-10-21)29-37-28(25-17-23(34)12-13-26(25)35)38-40(29)19-20-8-7-11-22(32)16-20/h4-13,16-17,24,27H,14-15,18-19,36H2,1-3H3. The van der Waals surface area contributed by atoms with Gasteiger partial charge in [-0.2, -0.15) is 5.10 Å².